The van der Waals surface area contributed by atoms with E-state index < -0.39 is 0 Å². The van der Waals surface area contributed by atoms with Crippen LogP contribution in [-0.2, 0) is 0 Å². The van der Waals surface area contributed by atoms with Gasteiger partial charge in [-0.1, -0.05) is 109 Å². The van der Waals surface area contributed by atoms with Gasteiger partial charge in [-0.3, -0.25) is 0 Å². The van der Waals surface area contributed by atoms with E-state index in [1.54, 1.807) is 0 Å². The maximum atomic E-state index is 9.21. The van der Waals surface area contributed by atoms with Gasteiger partial charge in [-0.2, -0.15) is 10.5 Å². The highest BCUT2D eigenvalue weighted by Gasteiger charge is 2.00. The highest BCUT2D eigenvalue weighted by Crippen LogP contribution is 2.22. The highest BCUT2D eigenvalue weighted by molar-refractivity contribution is 5.76. The second kappa shape index (κ2) is 9.90. The Morgan fingerprint density at radius 1 is 0.438 bits per heavy atom. The molecular weight excluding hydrogens is 388 g/mol. The third kappa shape index (κ3) is 4.90. The first-order valence-corrected chi connectivity index (χ1v) is 10.3. The van der Waals surface area contributed by atoms with Crippen molar-refractivity contribution in [3.8, 4) is 23.3 Å². The Morgan fingerprint density at radius 3 is 1.19 bits per heavy atom. The molecule has 2 heteroatoms. The summed E-state index contributed by atoms with van der Waals surface area (Å²) in [4.78, 5) is 0. The van der Waals surface area contributed by atoms with Crippen LogP contribution in [0.15, 0.2) is 97.1 Å². The van der Waals surface area contributed by atoms with E-state index >= 15 is 0 Å². The molecule has 2 nitrogen and oxygen atoms in total. The molecule has 0 spiro atoms. The van der Waals surface area contributed by atoms with Crippen molar-refractivity contribution in [2.75, 3.05) is 0 Å². The van der Waals surface area contributed by atoms with Crippen LogP contribution >= 0.6 is 0 Å². The maximum Gasteiger partial charge on any atom is 0.0997 e. The lowest BCUT2D eigenvalue weighted by atomic mass is 10.0. The summed E-state index contributed by atoms with van der Waals surface area (Å²) in [7, 11) is 0. The molecule has 0 N–H and O–H groups in total. The third-order valence-electron chi connectivity index (χ3n) is 5.23. The Balaban J connectivity index is 1.47. The van der Waals surface area contributed by atoms with Crippen molar-refractivity contribution in [3.05, 3.63) is 130 Å². The fourth-order valence-corrected chi connectivity index (χ4v) is 3.43. The predicted molar refractivity (Wildman–Crippen MR) is 132 cm³/mol. The smallest absolute Gasteiger partial charge is 0.0997 e. The molecule has 0 aliphatic carbocycles. The van der Waals surface area contributed by atoms with E-state index in [2.05, 4.69) is 60.7 Å². The van der Waals surface area contributed by atoms with Gasteiger partial charge >= 0.3 is 0 Å². The maximum absolute atomic E-state index is 9.21. The summed E-state index contributed by atoms with van der Waals surface area (Å²) < 4.78 is 0. The molecule has 0 atom stereocenters. The monoisotopic (exact) mass is 408 g/mol. The van der Waals surface area contributed by atoms with E-state index in [-0.39, 0.29) is 0 Å². The van der Waals surface area contributed by atoms with E-state index in [9.17, 15) is 10.5 Å². The van der Waals surface area contributed by atoms with Gasteiger partial charge in [0, 0.05) is 0 Å². The van der Waals surface area contributed by atoms with Gasteiger partial charge in [0.2, 0.25) is 0 Å². The van der Waals surface area contributed by atoms with Crippen molar-refractivity contribution in [3.63, 3.8) is 0 Å². The minimum absolute atomic E-state index is 0.672. The van der Waals surface area contributed by atoms with Crippen molar-refractivity contribution >= 4 is 24.3 Å². The lowest BCUT2D eigenvalue weighted by Gasteiger charge is -2.04. The van der Waals surface area contributed by atoms with Crippen LogP contribution in [0.25, 0.3) is 35.4 Å². The Bertz CT molecular complexity index is 1250. The van der Waals surface area contributed by atoms with Crippen molar-refractivity contribution in [1.29, 1.82) is 10.5 Å². The standard InChI is InChI=1S/C30H20N2/c31-21-29-7-3-1-5-25(29)15-9-23-11-17-27(18-12-23)28-19-13-24(14-20-28)10-16-26-6-2-4-8-30(26)22-32/h1-20H. The molecule has 0 unspecified atom stereocenters. The summed E-state index contributed by atoms with van der Waals surface area (Å²) in [6.07, 6.45) is 7.98. The van der Waals surface area contributed by atoms with Crippen LogP contribution in [0.5, 0.6) is 0 Å². The first-order chi connectivity index (χ1) is 15.8. The third-order valence-corrected chi connectivity index (χ3v) is 5.23. The largest absolute Gasteiger partial charge is 0.192 e. The van der Waals surface area contributed by atoms with Crippen LogP contribution in [0.3, 0.4) is 0 Å². The molecule has 0 fully saturated rings. The minimum Gasteiger partial charge on any atom is -0.192 e. The molecule has 0 amide bonds. The molecule has 32 heavy (non-hydrogen) atoms. The number of hydrogen-bond acceptors (Lipinski definition) is 2. The first-order valence-electron chi connectivity index (χ1n) is 10.3. The molecule has 0 heterocycles. The first kappa shape index (κ1) is 20.6. The van der Waals surface area contributed by atoms with Gasteiger partial charge in [-0.05, 0) is 45.5 Å². The molecule has 0 aliphatic rings. The molecule has 0 radical (unpaired) electrons. The number of benzene rings is 4. The van der Waals surface area contributed by atoms with Crippen LogP contribution in [-0.4, -0.2) is 0 Å². The Kier molecular flexibility index (Phi) is 6.37. The molecule has 150 valence electrons. The van der Waals surface area contributed by atoms with Gasteiger partial charge in [0.1, 0.15) is 0 Å². The van der Waals surface area contributed by atoms with E-state index in [0.29, 0.717) is 11.1 Å². The molecular formula is C30H20N2. The van der Waals surface area contributed by atoms with Gasteiger partial charge in [0.05, 0.1) is 23.3 Å². The SMILES string of the molecule is N#Cc1ccccc1C=Cc1ccc(-c2ccc(C=Cc3ccccc3C#N)cc2)cc1. The summed E-state index contributed by atoms with van der Waals surface area (Å²) in [5.74, 6) is 0. The highest BCUT2D eigenvalue weighted by atomic mass is 14.2. The number of hydrogen-bond donors (Lipinski definition) is 0. The topological polar surface area (TPSA) is 47.6 Å². The summed E-state index contributed by atoms with van der Waals surface area (Å²) >= 11 is 0. The molecule has 4 aromatic carbocycles. The zero-order chi connectivity index (χ0) is 22.2. The van der Waals surface area contributed by atoms with Crippen LogP contribution in [0.2, 0.25) is 0 Å². The lowest BCUT2D eigenvalue weighted by Crippen LogP contribution is -1.82. The molecule has 4 aromatic rings. The second-order valence-corrected chi connectivity index (χ2v) is 7.31. The van der Waals surface area contributed by atoms with Gasteiger partial charge in [0.25, 0.3) is 0 Å². The van der Waals surface area contributed by atoms with Crippen LogP contribution < -0.4 is 0 Å². The van der Waals surface area contributed by atoms with Crippen molar-refractivity contribution in [1.82, 2.24) is 0 Å². The van der Waals surface area contributed by atoms with Crippen LogP contribution in [0, 0.1) is 22.7 Å². The Morgan fingerprint density at radius 2 is 0.812 bits per heavy atom. The molecule has 0 aromatic heterocycles. The van der Waals surface area contributed by atoms with E-state index in [1.807, 2.05) is 72.8 Å². The average molecular weight is 409 g/mol. The predicted octanol–water partition coefficient (Wildman–Crippen LogP) is 7.44. The molecule has 0 bridgehead atoms. The normalized spacial score (nSPS) is 10.8. The molecule has 0 saturated carbocycles. The Labute approximate surface area is 188 Å². The number of nitrogens with zero attached hydrogens (tertiary/aromatic N) is 2. The van der Waals surface area contributed by atoms with E-state index in [1.165, 1.54) is 0 Å². The summed E-state index contributed by atoms with van der Waals surface area (Å²) in [6, 6.07) is 36.3. The lowest BCUT2D eigenvalue weighted by molar-refractivity contribution is 1.47. The van der Waals surface area contributed by atoms with Gasteiger partial charge in [0.15, 0.2) is 0 Å². The number of nitriles is 2. The van der Waals surface area contributed by atoms with Gasteiger partial charge in [-0.15, -0.1) is 0 Å². The quantitative estimate of drug-likeness (QED) is 0.322. The minimum atomic E-state index is 0.672. The van der Waals surface area contributed by atoms with Crippen molar-refractivity contribution in [2.45, 2.75) is 0 Å². The fraction of sp³-hybridized carbons (Fsp3) is 0. The molecule has 4 rings (SSSR count). The van der Waals surface area contributed by atoms with E-state index in [4.69, 9.17) is 0 Å². The van der Waals surface area contributed by atoms with Gasteiger partial charge < -0.3 is 0 Å². The van der Waals surface area contributed by atoms with Crippen molar-refractivity contribution in [2.24, 2.45) is 0 Å². The average Bonchev–Trinajstić information content (AvgIpc) is 2.87. The number of rotatable bonds is 5. The zero-order valence-corrected chi connectivity index (χ0v) is 17.4. The van der Waals surface area contributed by atoms with Crippen LogP contribution in [0.4, 0.5) is 0 Å². The molecule has 0 aliphatic heterocycles. The zero-order valence-electron chi connectivity index (χ0n) is 17.4. The summed E-state index contributed by atoms with van der Waals surface area (Å²) in [5, 5.41) is 18.4. The Hall–Kier alpha value is -4.66. The second-order valence-electron chi connectivity index (χ2n) is 7.31. The van der Waals surface area contributed by atoms with Crippen molar-refractivity contribution < 1.29 is 0 Å². The summed E-state index contributed by atoms with van der Waals surface area (Å²) in [6.45, 7) is 0. The van der Waals surface area contributed by atoms with Crippen LogP contribution in [0.1, 0.15) is 33.4 Å². The van der Waals surface area contributed by atoms with Gasteiger partial charge in [-0.25, -0.2) is 0 Å². The summed E-state index contributed by atoms with van der Waals surface area (Å²) in [5.41, 5.74) is 7.63. The fourth-order valence-electron chi connectivity index (χ4n) is 3.43. The van der Waals surface area contributed by atoms with E-state index in [0.717, 1.165) is 33.4 Å². The molecule has 0 saturated heterocycles.